The Labute approximate surface area is 200 Å². The van der Waals surface area contributed by atoms with Crippen molar-refractivity contribution in [3.8, 4) is 0 Å². The highest BCUT2D eigenvalue weighted by Gasteiger charge is 2.62. The minimum absolute atomic E-state index is 0.219. The smallest absolute Gasteiger partial charge is 0.272 e. The first-order valence-electron chi connectivity index (χ1n) is 11.3. The molecule has 3 unspecified atom stereocenters. The molecule has 33 heavy (non-hydrogen) atoms. The molecule has 3 atom stereocenters. The molecule has 4 heterocycles. The Kier molecular flexibility index (Phi) is 5.36. The van der Waals surface area contributed by atoms with E-state index in [1.165, 1.54) is 11.2 Å². The van der Waals surface area contributed by atoms with Crippen LogP contribution in [-0.2, 0) is 4.74 Å². The van der Waals surface area contributed by atoms with E-state index in [0.29, 0.717) is 17.9 Å². The van der Waals surface area contributed by atoms with E-state index in [9.17, 15) is 8.78 Å². The molecule has 11 heteroatoms. The van der Waals surface area contributed by atoms with Crippen LogP contribution in [0.2, 0.25) is 5.02 Å². The highest BCUT2D eigenvalue weighted by Crippen LogP contribution is 2.48. The lowest BCUT2D eigenvalue weighted by atomic mass is 9.88. The van der Waals surface area contributed by atoms with Gasteiger partial charge in [0.1, 0.15) is 17.6 Å². The van der Waals surface area contributed by atoms with E-state index >= 15 is 0 Å². The molecule has 1 saturated carbocycles. The summed E-state index contributed by atoms with van der Waals surface area (Å²) < 4.78 is 32.2. The molecule has 0 amide bonds. The SMILES string of the molecule is FC1(F)CC1N1N=CC(Nc2ncc3cc(Cl)c(C4CCN(C5COC5)CC4)cc3n2)C1Cl. The lowest BCUT2D eigenvalue weighted by Crippen LogP contribution is -2.51. The van der Waals surface area contributed by atoms with Crippen molar-refractivity contribution in [1.29, 1.82) is 0 Å². The monoisotopic (exact) mass is 496 g/mol. The fraction of sp³-hybridized carbons (Fsp3) is 0.591. The molecule has 1 aromatic carbocycles. The van der Waals surface area contributed by atoms with Crippen LogP contribution < -0.4 is 5.32 Å². The maximum absolute atomic E-state index is 13.4. The van der Waals surface area contributed by atoms with Crippen LogP contribution >= 0.6 is 23.2 Å². The van der Waals surface area contributed by atoms with Gasteiger partial charge in [-0.1, -0.05) is 23.2 Å². The van der Waals surface area contributed by atoms with Crippen LogP contribution in [0.4, 0.5) is 14.7 Å². The maximum atomic E-state index is 13.4. The van der Waals surface area contributed by atoms with Gasteiger partial charge in [0.05, 0.1) is 31.0 Å². The number of hydrazone groups is 1. The molecular weight excluding hydrogens is 473 g/mol. The second-order valence-electron chi connectivity index (χ2n) is 9.30. The van der Waals surface area contributed by atoms with Crippen molar-refractivity contribution in [3.05, 3.63) is 28.9 Å². The number of piperidine rings is 1. The van der Waals surface area contributed by atoms with Crippen molar-refractivity contribution >= 4 is 46.3 Å². The number of halogens is 4. The molecular formula is C22H24Cl2F2N6O. The normalized spacial score (nSPS) is 30.1. The number of hydrogen-bond acceptors (Lipinski definition) is 7. The lowest BCUT2D eigenvalue weighted by molar-refractivity contribution is -0.0712. The largest absolute Gasteiger partial charge is 0.378 e. The van der Waals surface area contributed by atoms with Gasteiger partial charge in [-0.3, -0.25) is 9.91 Å². The van der Waals surface area contributed by atoms with Gasteiger partial charge >= 0.3 is 0 Å². The number of nitrogens with one attached hydrogen (secondary N) is 1. The molecule has 0 radical (unpaired) electrons. The van der Waals surface area contributed by atoms with Gasteiger partial charge in [-0.25, -0.2) is 18.7 Å². The van der Waals surface area contributed by atoms with Gasteiger partial charge in [0.2, 0.25) is 5.95 Å². The van der Waals surface area contributed by atoms with Gasteiger partial charge in [-0.15, -0.1) is 0 Å². The van der Waals surface area contributed by atoms with Gasteiger partial charge < -0.3 is 10.1 Å². The van der Waals surface area contributed by atoms with Gasteiger partial charge in [-0.05, 0) is 49.5 Å². The summed E-state index contributed by atoms with van der Waals surface area (Å²) in [5.74, 6) is -1.97. The average molecular weight is 497 g/mol. The predicted octanol–water partition coefficient (Wildman–Crippen LogP) is 3.92. The summed E-state index contributed by atoms with van der Waals surface area (Å²) in [5, 5.41) is 10.1. The molecule has 2 saturated heterocycles. The van der Waals surface area contributed by atoms with Crippen LogP contribution in [0.3, 0.4) is 0 Å². The molecule has 3 fully saturated rings. The standard InChI is InChI=1S/C22H24Cl2F2N6O/c23-16-5-13-8-27-21(30-18-9-28-32(20(18)24)19-7-22(19,25)26)29-17(13)6-15(16)12-1-3-31(4-2-12)14-10-33-11-14/h5-6,8-9,12,14,18-20H,1-4,7,10-11H2,(H,27,29,30). The van der Waals surface area contributed by atoms with Crippen LogP contribution in [0, 0.1) is 0 Å². The van der Waals surface area contributed by atoms with Crippen LogP contribution in [0.15, 0.2) is 23.4 Å². The van der Waals surface area contributed by atoms with Gasteiger partial charge in [-0.2, -0.15) is 5.10 Å². The number of benzene rings is 1. The Hall–Kier alpha value is -1.81. The topological polar surface area (TPSA) is 65.9 Å². The Morgan fingerprint density at radius 1 is 1.18 bits per heavy atom. The van der Waals surface area contributed by atoms with Crippen LogP contribution in [0.5, 0.6) is 0 Å². The second kappa shape index (κ2) is 8.15. The van der Waals surface area contributed by atoms with Gasteiger partial charge in [0.15, 0.2) is 0 Å². The van der Waals surface area contributed by atoms with Crippen molar-refractivity contribution < 1.29 is 13.5 Å². The highest BCUT2D eigenvalue weighted by molar-refractivity contribution is 6.32. The summed E-state index contributed by atoms with van der Waals surface area (Å²) in [6.07, 6.45) is 5.12. The molecule has 0 bridgehead atoms. The zero-order valence-corrected chi connectivity index (χ0v) is 19.3. The van der Waals surface area contributed by atoms with Crippen molar-refractivity contribution in [2.24, 2.45) is 5.10 Å². The zero-order valence-electron chi connectivity index (χ0n) is 17.8. The second-order valence-corrected chi connectivity index (χ2v) is 10.2. The summed E-state index contributed by atoms with van der Waals surface area (Å²) >= 11 is 13.0. The first-order chi connectivity index (χ1) is 15.9. The summed E-state index contributed by atoms with van der Waals surface area (Å²) in [7, 11) is 0. The van der Waals surface area contributed by atoms with E-state index in [4.69, 9.17) is 27.9 Å². The lowest BCUT2D eigenvalue weighted by Gasteiger charge is -2.41. The molecule has 7 nitrogen and oxygen atoms in total. The first kappa shape index (κ1) is 21.7. The van der Waals surface area contributed by atoms with Crippen LogP contribution in [0.1, 0.15) is 30.7 Å². The third kappa shape index (κ3) is 4.03. The Balaban J connectivity index is 1.17. The minimum atomic E-state index is -2.73. The Morgan fingerprint density at radius 2 is 1.94 bits per heavy atom. The van der Waals surface area contributed by atoms with Crippen molar-refractivity contribution in [2.45, 2.75) is 54.7 Å². The van der Waals surface area contributed by atoms with E-state index < -0.39 is 23.5 Å². The number of nitrogens with zero attached hydrogens (tertiary/aromatic N) is 5. The number of rotatable bonds is 5. The molecule has 176 valence electrons. The molecule has 3 aliphatic heterocycles. The number of anilines is 1. The van der Waals surface area contributed by atoms with E-state index in [1.807, 2.05) is 6.07 Å². The van der Waals surface area contributed by atoms with E-state index in [2.05, 4.69) is 31.4 Å². The number of ether oxygens (including phenoxy) is 1. The minimum Gasteiger partial charge on any atom is -0.378 e. The summed E-state index contributed by atoms with van der Waals surface area (Å²) in [5.41, 5.74) is 1.17. The van der Waals surface area contributed by atoms with Crippen molar-refractivity contribution in [2.75, 3.05) is 31.6 Å². The number of hydrogen-bond donors (Lipinski definition) is 1. The first-order valence-corrected chi connectivity index (χ1v) is 12.1. The summed E-state index contributed by atoms with van der Waals surface area (Å²) in [4.78, 5) is 11.5. The number of likely N-dealkylation sites (tertiary alicyclic amines) is 1. The average Bonchev–Trinajstić information content (AvgIpc) is 3.24. The summed E-state index contributed by atoms with van der Waals surface area (Å²) in [6.45, 7) is 3.75. The quantitative estimate of drug-likeness (QED) is 0.499. The maximum Gasteiger partial charge on any atom is 0.272 e. The number of aromatic nitrogens is 2. The molecule has 1 aromatic heterocycles. The van der Waals surface area contributed by atoms with Crippen molar-refractivity contribution in [3.63, 3.8) is 0 Å². The fourth-order valence-electron chi connectivity index (χ4n) is 4.90. The molecule has 4 aliphatic rings. The molecule has 0 spiro atoms. The van der Waals surface area contributed by atoms with Gasteiger partial charge in [0.25, 0.3) is 5.92 Å². The summed E-state index contributed by atoms with van der Waals surface area (Å²) in [6, 6.07) is 3.13. The van der Waals surface area contributed by atoms with E-state index in [-0.39, 0.29) is 6.42 Å². The molecule has 6 rings (SSSR count). The number of fused-ring (bicyclic) bond motifs is 1. The highest BCUT2D eigenvalue weighted by atomic mass is 35.5. The molecule has 1 aliphatic carbocycles. The predicted molar refractivity (Wildman–Crippen MR) is 123 cm³/mol. The van der Waals surface area contributed by atoms with Crippen molar-refractivity contribution in [1.82, 2.24) is 19.9 Å². The zero-order chi connectivity index (χ0) is 22.7. The third-order valence-corrected chi connectivity index (χ3v) is 7.92. The Bertz CT molecular complexity index is 1090. The molecule has 2 aromatic rings. The Morgan fingerprint density at radius 3 is 2.61 bits per heavy atom. The third-order valence-electron chi connectivity index (χ3n) is 7.12. The van der Waals surface area contributed by atoms with Gasteiger partial charge in [0, 0.05) is 23.0 Å². The van der Waals surface area contributed by atoms with E-state index in [1.54, 1.807) is 6.20 Å². The fourth-order valence-corrected chi connectivity index (χ4v) is 5.54. The van der Waals surface area contributed by atoms with Crippen LogP contribution in [0.25, 0.3) is 10.9 Å². The number of alkyl halides is 3. The molecule has 1 N–H and O–H groups in total. The van der Waals surface area contributed by atoms with E-state index in [0.717, 1.165) is 60.6 Å². The van der Waals surface area contributed by atoms with Crippen LogP contribution in [-0.4, -0.2) is 81.9 Å².